The zero-order chi connectivity index (χ0) is 12.3. The van der Waals surface area contributed by atoms with Crippen molar-refractivity contribution >= 4 is 5.91 Å². The Kier molecular flexibility index (Phi) is 4.05. The predicted molar refractivity (Wildman–Crippen MR) is 66.6 cm³/mol. The Bertz CT molecular complexity index is 275. The van der Waals surface area contributed by atoms with E-state index in [1.165, 1.54) is 12.8 Å². The van der Waals surface area contributed by atoms with Gasteiger partial charge in [-0.3, -0.25) is 10.1 Å². The predicted octanol–water partition coefficient (Wildman–Crippen LogP) is 1.50. The van der Waals surface area contributed by atoms with Crippen molar-refractivity contribution < 1.29 is 9.53 Å². The molecule has 1 amide bonds. The van der Waals surface area contributed by atoms with Crippen molar-refractivity contribution in [2.75, 3.05) is 19.8 Å². The first-order chi connectivity index (χ1) is 8.23. The fourth-order valence-electron chi connectivity index (χ4n) is 3.10. The summed E-state index contributed by atoms with van der Waals surface area (Å²) in [4.78, 5) is 14.5. The summed E-state index contributed by atoms with van der Waals surface area (Å²) in [5, 5.41) is 3.56. The minimum Gasteiger partial charge on any atom is -0.380 e. The number of carbonyl (C=O) groups is 1. The van der Waals surface area contributed by atoms with E-state index in [1.807, 2.05) is 11.8 Å². The Morgan fingerprint density at radius 1 is 1.41 bits per heavy atom. The van der Waals surface area contributed by atoms with Gasteiger partial charge in [0.15, 0.2) is 0 Å². The van der Waals surface area contributed by atoms with Gasteiger partial charge in [0.2, 0.25) is 5.91 Å². The van der Waals surface area contributed by atoms with Gasteiger partial charge in [0.1, 0.15) is 0 Å². The van der Waals surface area contributed by atoms with E-state index in [0.29, 0.717) is 12.5 Å². The molecule has 1 saturated carbocycles. The maximum absolute atomic E-state index is 12.5. The lowest BCUT2D eigenvalue weighted by atomic mass is 9.98. The molecule has 2 fully saturated rings. The maximum atomic E-state index is 12.5. The van der Waals surface area contributed by atoms with Crippen LogP contribution in [0.1, 0.15) is 46.0 Å². The van der Waals surface area contributed by atoms with E-state index in [1.54, 1.807) is 0 Å². The molecule has 1 saturated heterocycles. The second-order valence-electron chi connectivity index (χ2n) is 5.05. The molecule has 0 radical (unpaired) electrons. The number of rotatable bonds is 5. The maximum Gasteiger partial charge on any atom is 0.244 e. The van der Waals surface area contributed by atoms with Gasteiger partial charge in [-0.1, -0.05) is 19.8 Å². The van der Waals surface area contributed by atoms with E-state index in [4.69, 9.17) is 4.74 Å². The third-order valence-electron chi connectivity index (χ3n) is 4.01. The monoisotopic (exact) mass is 240 g/mol. The number of amides is 1. The SMILES string of the molecule is CCOCCN1C(=O)C2(CCCC2)NC1CC. The van der Waals surface area contributed by atoms with Crippen molar-refractivity contribution in [2.45, 2.75) is 57.7 Å². The highest BCUT2D eigenvalue weighted by Gasteiger charge is 2.51. The highest BCUT2D eigenvalue weighted by molar-refractivity contribution is 5.89. The second-order valence-corrected chi connectivity index (χ2v) is 5.05. The minimum atomic E-state index is -0.229. The molecule has 98 valence electrons. The molecule has 2 aliphatic rings. The van der Waals surface area contributed by atoms with Crippen LogP contribution in [-0.4, -0.2) is 42.3 Å². The van der Waals surface area contributed by atoms with Crippen LogP contribution in [0.5, 0.6) is 0 Å². The third-order valence-corrected chi connectivity index (χ3v) is 4.01. The lowest BCUT2D eigenvalue weighted by Crippen LogP contribution is -2.44. The molecule has 17 heavy (non-hydrogen) atoms. The van der Waals surface area contributed by atoms with Crippen molar-refractivity contribution in [1.29, 1.82) is 0 Å². The first-order valence-corrected chi connectivity index (χ1v) is 6.90. The molecular formula is C13H24N2O2. The molecule has 0 aromatic heterocycles. The van der Waals surface area contributed by atoms with Gasteiger partial charge < -0.3 is 9.64 Å². The molecule has 1 unspecified atom stereocenters. The van der Waals surface area contributed by atoms with Crippen LogP contribution in [0, 0.1) is 0 Å². The summed E-state index contributed by atoms with van der Waals surface area (Å²) in [7, 11) is 0. The number of hydrogen-bond donors (Lipinski definition) is 1. The van der Waals surface area contributed by atoms with Crippen LogP contribution in [0.4, 0.5) is 0 Å². The molecule has 2 rings (SSSR count). The van der Waals surface area contributed by atoms with Gasteiger partial charge in [0, 0.05) is 13.2 Å². The number of nitrogens with one attached hydrogen (secondary N) is 1. The topological polar surface area (TPSA) is 41.6 Å². The molecule has 4 nitrogen and oxygen atoms in total. The van der Waals surface area contributed by atoms with Crippen LogP contribution in [-0.2, 0) is 9.53 Å². The van der Waals surface area contributed by atoms with Crippen molar-refractivity contribution in [3.63, 3.8) is 0 Å². The van der Waals surface area contributed by atoms with Gasteiger partial charge in [-0.25, -0.2) is 0 Å². The van der Waals surface area contributed by atoms with E-state index in [-0.39, 0.29) is 11.7 Å². The molecule has 0 aromatic rings. The summed E-state index contributed by atoms with van der Waals surface area (Å²) in [6.07, 6.45) is 5.55. The summed E-state index contributed by atoms with van der Waals surface area (Å²) in [6.45, 7) is 6.21. The Balaban J connectivity index is 2.01. The normalized spacial score (nSPS) is 27.3. The van der Waals surface area contributed by atoms with Crippen molar-refractivity contribution in [2.24, 2.45) is 0 Å². The molecule has 1 N–H and O–H groups in total. The van der Waals surface area contributed by atoms with Crippen LogP contribution in [0.15, 0.2) is 0 Å². The summed E-state index contributed by atoms with van der Waals surface area (Å²) in [5.41, 5.74) is -0.229. The molecule has 1 aliphatic carbocycles. The van der Waals surface area contributed by atoms with Gasteiger partial charge in [-0.05, 0) is 26.2 Å². The molecule has 0 aromatic carbocycles. The van der Waals surface area contributed by atoms with E-state index < -0.39 is 0 Å². The molecule has 0 bridgehead atoms. The van der Waals surface area contributed by atoms with Crippen LogP contribution in [0.2, 0.25) is 0 Å². The number of ether oxygens (including phenoxy) is 1. The molecular weight excluding hydrogens is 216 g/mol. The van der Waals surface area contributed by atoms with Crippen molar-refractivity contribution in [3.8, 4) is 0 Å². The largest absolute Gasteiger partial charge is 0.380 e. The first-order valence-electron chi connectivity index (χ1n) is 6.90. The van der Waals surface area contributed by atoms with Crippen LogP contribution < -0.4 is 5.32 Å². The Morgan fingerprint density at radius 2 is 2.12 bits per heavy atom. The average Bonchev–Trinajstić information content (AvgIpc) is 2.90. The van der Waals surface area contributed by atoms with Crippen LogP contribution in [0.25, 0.3) is 0 Å². The van der Waals surface area contributed by atoms with Gasteiger partial charge in [-0.15, -0.1) is 0 Å². The Hall–Kier alpha value is -0.610. The number of nitrogens with zero attached hydrogens (tertiary/aromatic N) is 1. The quantitative estimate of drug-likeness (QED) is 0.741. The summed E-state index contributed by atoms with van der Waals surface area (Å²) < 4.78 is 5.37. The Labute approximate surface area is 104 Å². The van der Waals surface area contributed by atoms with E-state index >= 15 is 0 Å². The fourth-order valence-corrected chi connectivity index (χ4v) is 3.10. The lowest BCUT2D eigenvalue weighted by Gasteiger charge is -2.22. The number of hydrogen-bond acceptors (Lipinski definition) is 3. The van der Waals surface area contributed by atoms with Gasteiger partial charge in [-0.2, -0.15) is 0 Å². The average molecular weight is 240 g/mol. The van der Waals surface area contributed by atoms with E-state index in [0.717, 1.165) is 32.4 Å². The minimum absolute atomic E-state index is 0.209. The van der Waals surface area contributed by atoms with Gasteiger partial charge in [0.05, 0.1) is 18.3 Å². The summed E-state index contributed by atoms with van der Waals surface area (Å²) >= 11 is 0. The van der Waals surface area contributed by atoms with E-state index in [9.17, 15) is 4.79 Å². The second kappa shape index (κ2) is 5.36. The first kappa shape index (κ1) is 12.8. The molecule has 1 aliphatic heterocycles. The summed E-state index contributed by atoms with van der Waals surface area (Å²) in [6, 6.07) is 0. The van der Waals surface area contributed by atoms with E-state index in [2.05, 4.69) is 12.2 Å². The van der Waals surface area contributed by atoms with Crippen LogP contribution in [0.3, 0.4) is 0 Å². The fraction of sp³-hybridized carbons (Fsp3) is 0.923. The van der Waals surface area contributed by atoms with Gasteiger partial charge in [0.25, 0.3) is 0 Å². The Morgan fingerprint density at radius 3 is 2.71 bits per heavy atom. The van der Waals surface area contributed by atoms with Crippen molar-refractivity contribution in [3.05, 3.63) is 0 Å². The van der Waals surface area contributed by atoms with Crippen molar-refractivity contribution in [1.82, 2.24) is 10.2 Å². The highest BCUT2D eigenvalue weighted by atomic mass is 16.5. The standard InChI is InChI=1S/C13H24N2O2/c1-3-11-14-13(7-5-6-8-13)12(16)15(11)9-10-17-4-2/h11,14H,3-10H2,1-2H3. The molecule has 1 atom stereocenters. The lowest BCUT2D eigenvalue weighted by molar-refractivity contribution is -0.133. The van der Waals surface area contributed by atoms with Crippen LogP contribution >= 0.6 is 0 Å². The number of carbonyl (C=O) groups excluding carboxylic acids is 1. The third kappa shape index (κ3) is 2.33. The smallest absolute Gasteiger partial charge is 0.244 e. The zero-order valence-corrected chi connectivity index (χ0v) is 11.0. The molecule has 4 heteroatoms. The molecule has 1 spiro atoms. The highest BCUT2D eigenvalue weighted by Crippen LogP contribution is 2.36. The molecule has 1 heterocycles. The zero-order valence-electron chi connectivity index (χ0n) is 11.0. The summed E-state index contributed by atoms with van der Waals surface area (Å²) in [5.74, 6) is 0.307. The van der Waals surface area contributed by atoms with Gasteiger partial charge >= 0.3 is 0 Å².